The number of piperidine rings is 1. The molecule has 2 saturated heterocycles. The molecule has 2 fully saturated rings. The maximum Gasteiger partial charge on any atom is 0.230 e. The van der Waals surface area contributed by atoms with Crippen LogP contribution in [0.3, 0.4) is 0 Å². The SMILES string of the molecule is Cc1ccc(C2(C(=O)NCC3(C)CCNCC3)CCOCC2)cc1. The molecule has 4 heteroatoms. The smallest absolute Gasteiger partial charge is 0.230 e. The predicted octanol–water partition coefficient (Wildman–Crippen LogP) is 2.55. The first kappa shape index (κ1) is 17.4. The van der Waals surface area contributed by atoms with Crippen LogP contribution in [0.5, 0.6) is 0 Å². The Morgan fingerprint density at radius 3 is 2.38 bits per heavy atom. The average Bonchev–Trinajstić information content (AvgIpc) is 2.61. The first-order valence-electron chi connectivity index (χ1n) is 9.18. The van der Waals surface area contributed by atoms with E-state index < -0.39 is 5.41 Å². The van der Waals surface area contributed by atoms with Crippen molar-refractivity contribution in [3.05, 3.63) is 35.4 Å². The van der Waals surface area contributed by atoms with E-state index in [9.17, 15) is 4.79 Å². The van der Waals surface area contributed by atoms with Crippen LogP contribution >= 0.6 is 0 Å². The molecule has 0 atom stereocenters. The highest BCUT2D eigenvalue weighted by atomic mass is 16.5. The summed E-state index contributed by atoms with van der Waals surface area (Å²) in [5.41, 5.74) is 2.13. The van der Waals surface area contributed by atoms with Crippen molar-refractivity contribution in [1.29, 1.82) is 0 Å². The number of hydrogen-bond acceptors (Lipinski definition) is 3. The first-order valence-corrected chi connectivity index (χ1v) is 9.18. The van der Waals surface area contributed by atoms with E-state index in [0.29, 0.717) is 13.2 Å². The van der Waals surface area contributed by atoms with Crippen LogP contribution in [0.4, 0.5) is 0 Å². The van der Waals surface area contributed by atoms with Crippen LogP contribution in [0.15, 0.2) is 24.3 Å². The predicted molar refractivity (Wildman–Crippen MR) is 96.1 cm³/mol. The Bertz CT molecular complexity index is 556. The van der Waals surface area contributed by atoms with Gasteiger partial charge in [-0.3, -0.25) is 4.79 Å². The van der Waals surface area contributed by atoms with Crippen LogP contribution in [0, 0.1) is 12.3 Å². The Morgan fingerprint density at radius 2 is 1.75 bits per heavy atom. The third-order valence-electron chi connectivity index (χ3n) is 5.87. The summed E-state index contributed by atoms with van der Waals surface area (Å²) in [5.74, 6) is 0.175. The maximum absolute atomic E-state index is 13.2. The van der Waals surface area contributed by atoms with Crippen LogP contribution in [0.25, 0.3) is 0 Å². The average molecular weight is 330 g/mol. The van der Waals surface area contributed by atoms with Gasteiger partial charge in [0.05, 0.1) is 5.41 Å². The molecule has 1 amide bonds. The molecule has 2 aliphatic heterocycles. The Kier molecular flexibility index (Phi) is 5.26. The first-order chi connectivity index (χ1) is 11.5. The van der Waals surface area contributed by atoms with Crippen LogP contribution in [-0.2, 0) is 14.9 Å². The molecule has 2 N–H and O–H groups in total. The van der Waals surface area contributed by atoms with Crippen molar-refractivity contribution >= 4 is 5.91 Å². The number of aryl methyl sites for hydroxylation is 1. The standard InChI is InChI=1S/C20H30N2O2/c1-16-3-5-17(6-4-16)20(9-13-24-14-10-20)18(23)22-15-19(2)7-11-21-12-8-19/h3-6,21H,7-15H2,1-2H3,(H,22,23). The lowest BCUT2D eigenvalue weighted by Crippen LogP contribution is -2.51. The zero-order chi connectivity index (χ0) is 17.0. The fourth-order valence-electron chi connectivity index (χ4n) is 3.91. The van der Waals surface area contributed by atoms with Gasteiger partial charge in [-0.2, -0.15) is 0 Å². The van der Waals surface area contributed by atoms with E-state index in [-0.39, 0.29) is 11.3 Å². The van der Waals surface area contributed by atoms with Gasteiger partial charge in [0.2, 0.25) is 5.91 Å². The van der Waals surface area contributed by atoms with Gasteiger partial charge >= 0.3 is 0 Å². The van der Waals surface area contributed by atoms with Gasteiger partial charge in [0, 0.05) is 19.8 Å². The summed E-state index contributed by atoms with van der Waals surface area (Å²) in [5, 5.41) is 6.69. The summed E-state index contributed by atoms with van der Waals surface area (Å²) in [6.45, 7) is 8.54. The topological polar surface area (TPSA) is 50.4 Å². The number of ether oxygens (including phenoxy) is 1. The molecule has 0 aliphatic carbocycles. The number of nitrogens with one attached hydrogen (secondary N) is 2. The van der Waals surface area contributed by atoms with E-state index in [0.717, 1.165) is 50.9 Å². The van der Waals surface area contributed by atoms with Crippen LogP contribution in [-0.4, -0.2) is 38.8 Å². The minimum absolute atomic E-state index is 0.175. The molecule has 0 spiro atoms. The van der Waals surface area contributed by atoms with Crippen molar-refractivity contribution in [3.63, 3.8) is 0 Å². The van der Waals surface area contributed by atoms with Crippen molar-refractivity contribution < 1.29 is 9.53 Å². The molecule has 3 rings (SSSR count). The quantitative estimate of drug-likeness (QED) is 0.892. The van der Waals surface area contributed by atoms with E-state index in [4.69, 9.17) is 4.74 Å². The second kappa shape index (κ2) is 7.24. The molecule has 24 heavy (non-hydrogen) atoms. The Hall–Kier alpha value is -1.39. The van der Waals surface area contributed by atoms with Gasteiger partial charge < -0.3 is 15.4 Å². The molecule has 2 heterocycles. The van der Waals surface area contributed by atoms with E-state index in [1.807, 2.05) is 0 Å². The minimum Gasteiger partial charge on any atom is -0.381 e. The summed E-state index contributed by atoms with van der Waals surface area (Å²) in [7, 11) is 0. The van der Waals surface area contributed by atoms with Crippen LogP contribution < -0.4 is 10.6 Å². The molecule has 0 saturated carbocycles. The zero-order valence-corrected chi connectivity index (χ0v) is 15.0. The summed E-state index contributed by atoms with van der Waals surface area (Å²) >= 11 is 0. The van der Waals surface area contributed by atoms with Crippen molar-refractivity contribution in [3.8, 4) is 0 Å². The summed E-state index contributed by atoms with van der Waals surface area (Å²) in [6, 6.07) is 8.45. The van der Waals surface area contributed by atoms with E-state index in [2.05, 4.69) is 48.7 Å². The zero-order valence-electron chi connectivity index (χ0n) is 15.0. The summed E-state index contributed by atoms with van der Waals surface area (Å²) in [4.78, 5) is 13.2. The van der Waals surface area contributed by atoms with E-state index >= 15 is 0 Å². The van der Waals surface area contributed by atoms with Crippen LogP contribution in [0.1, 0.15) is 43.7 Å². The normalized spacial score (nSPS) is 22.8. The molecular weight excluding hydrogens is 300 g/mol. The lowest BCUT2D eigenvalue weighted by atomic mass is 9.72. The molecule has 132 valence electrons. The highest BCUT2D eigenvalue weighted by Gasteiger charge is 2.42. The van der Waals surface area contributed by atoms with Gasteiger partial charge in [-0.05, 0) is 56.7 Å². The van der Waals surface area contributed by atoms with Crippen molar-refractivity contribution in [2.75, 3.05) is 32.8 Å². The Morgan fingerprint density at radius 1 is 1.12 bits per heavy atom. The third-order valence-corrected chi connectivity index (χ3v) is 5.87. The molecule has 1 aromatic carbocycles. The molecule has 2 aliphatic rings. The largest absolute Gasteiger partial charge is 0.381 e. The minimum atomic E-state index is -0.435. The molecular formula is C20H30N2O2. The number of hydrogen-bond donors (Lipinski definition) is 2. The second-order valence-corrected chi connectivity index (χ2v) is 7.80. The molecule has 0 aromatic heterocycles. The second-order valence-electron chi connectivity index (χ2n) is 7.80. The number of benzene rings is 1. The molecule has 1 aromatic rings. The van der Waals surface area contributed by atoms with Gasteiger partial charge in [-0.15, -0.1) is 0 Å². The van der Waals surface area contributed by atoms with E-state index in [1.54, 1.807) is 0 Å². The van der Waals surface area contributed by atoms with Crippen molar-refractivity contribution in [2.45, 2.75) is 44.9 Å². The number of rotatable bonds is 4. The number of amides is 1. The Balaban J connectivity index is 1.75. The lowest BCUT2D eigenvalue weighted by molar-refractivity contribution is -0.131. The van der Waals surface area contributed by atoms with E-state index in [1.165, 1.54) is 5.56 Å². The fraction of sp³-hybridized carbons (Fsp3) is 0.650. The van der Waals surface area contributed by atoms with Gasteiger partial charge in [-0.1, -0.05) is 36.8 Å². The molecule has 4 nitrogen and oxygen atoms in total. The molecule has 0 bridgehead atoms. The monoisotopic (exact) mass is 330 g/mol. The summed E-state index contributed by atoms with van der Waals surface area (Å²) in [6.07, 6.45) is 3.77. The highest BCUT2D eigenvalue weighted by molar-refractivity contribution is 5.88. The van der Waals surface area contributed by atoms with Gasteiger partial charge in [0.1, 0.15) is 0 Å². The maximum atomic E-state index is 13.2. The van der Waals surface area contributed by atoms with Gasteiger partial charge in [0.15, 0.2) is 0 Å². The Labute approximate surface area is 145 Å². The van der Waals surface area contributed by atoms with Crippen LogP contribution in [0.2, 0.25) is 0 Å². The van der Waals surface area contributed by atoms with Gasteiger partial charge in [0.25, 0.3) is 0 Å². The van der Waals surface area contributed by atoms with Crippen molar-refractivity contribution in [2.24, 2.45) is 5.41 Å². The molecule has 0 unspecified atom stereocenters. The molecule has 0 radical (unpaired) electrons. The number of carbonyl (C=O) groups excluding carboxylic acids is 1. The third kappa shape index (κ3) is 3.65. The highest BCUT2D eigenvalue weighted by Crippen LogP contribution is 2.36. The fourth-order valence-corrected chi connectivity index (χ4v) is 3.91. The van der Waals surface area contributed by atoms with Crippen molar-refractivity contribution in [1.82, 2.24) is 10.6 Å². The van der Waals surface area contributed by atoms with Gasteiger partial charge in [-0.25, -0.2) is 0 Å². The number of carbonyl (C=O) groups is 1. The lowest BCUT2D eigenvalue weighted by Gasteiger charge is -2.39. The summed E-state index contributed by atoms with van der Waals surface area (Å²) < 4.78 is 5.55.